The van der Waals surface area contributed by atoms with Crippen molar-refractivity contribution in [3.8, 4) is 5.75 Å². The topological polar surface area (TPSA) is 91.4 Å². The van der Waals surface area contributed by atoms with Crippen LogP contribution < -0.4 is 15.8 Å². The molecule has 1 aliphatic heterocycles. The molecule has 6 heteroatoms. The van der Waals surface area contributed by atoms with Crippen molar-refractivity contribution in [2.75, 3.05) is 20.1 Å². The summed E-state index contributed by atoms with van der Waals surface area (Å²) < 4.78 is 5.97. The number of hydrogen-bond acceptors (Lipinski definition) is 4. The number of hydrogen-bond donors (Lipinski definition) is 3. The van der Waals surface area contributed by atoms with Crippen molar-refractivity contribution in [3.63, 3.8) is 0 Å². The zero-order valence-electron chi connectivity index (χ0n) is 14.9. The third-order valence-electron chi connectivity index (χ3n) is 4.46. The Kier molecular flexibility index (Phi) is 5.53. The maximum atomic E-state index is 12.3. The zero-order chi connectivity index (χ0) is 18.5. The molecule has 0 bridgehead atoms. The molecule has 2 aromatic rings. The van der Waals surface area contributed by atoms with E-state index in [0.29, 0.717) is 17.7 Å². The van der Waals surface area contributed by atoms with Gasteiger partial charge < -0.3 is 20.7 Å². The third kappa shape index (κ3) is 4.61. The third-order valence-corrected chi connectivity index (χ3v) is 4.46. The van der Waals surface area contributed by atoms with Crippen molar-refractivity contribution in [3.05, 3.63) is 65.2 Å². The SMILES string of the molecule is CN1CCC(Oc2ccc(CNC(=O)c3cccc(C(=N)N)c3)cc2)C1. The number of nitrogen functional groups attached to an aromatic ring is 1. The first-order valence-corrected chi connectivity index (χ1v) is 8.68. The summed E-state index contributed by atoms with van der Waals surface area (Å²) in [6, 6.07) is 14.6. The van der Waals surface area contributed by atoms with Crippen molar-refractivity contribution < 1.29 is 9.53 Å². The van der Waals surface area contributed by atoms with Crippen LogP contribution in [0.4, 0.5) is 0 Å². The number of nitrogens with zero attached hydrogens (tertiary/aromatic N) is 1. The van der Waals surface area contributed by atoms with Crippen LogP contribution in [0.5, 0.6) is 5.75 Å². The highest BCUT2D eigenvalue weighted by atomic mass is 16.5. The lowest BCUT2D eigenvalue weighted by Crippen LogP contribution is -2.23. The Hall–Kier alpha value is -2.86. The number of benzene rings is 2. The minimum Gasteiger partial charge on any atom is -0.489 e. The molecule has 1 saturated heterocycles. The molecule has 1 atom stereocenters. The van der Waals surface area contributed by atoms with Crippen molar-refractivity contribution in [1.82, 2.24) is 10.2 Å². The van der Waals surface area contributed by atoms with Crippen molar-refractivity contribution in [2.45, 2.75) is 19.1 Å². The van der Waals surface area contributed by atoms with E-state index >= 15 is 0 Å². The van der Waals surface area contributed by atoms with Gasteiger partial charge in [0.1, 0.15) is 17.7 Å². The molecule has 0 spiro atoms. The van der Waals surface area contributed by atoms with Crippen molar-refractivity contribution in [1.29, 1.82) is 5.41 Å². The van der Waals surface area contributed by atoms with E-state index in [4.69, 9.17) is 15.9 Å². The van der Waals surface area contributed by atoms with Gasteiger partial charge >= 0.3 is 0 Å². The standard InChI is InChI=1S/C20H24N4O2/c1-24-10-9-18(13-24)26-17-7-5-14(6-8-17)12-23-20(25)16-4-2-3-15(11-16)19(21)22/h2-8,11,18H,9-10,12-13H2,1H3,(H3,21,22)(H,23,25). The highest BCUT2D eigenvalue weighted by Gasteiger charge is 2.20. The molecule has 6 nitrogen and oxygen atoms in total. The van der Waals surface area contributed by atoms with Crippen LogP contribution in [0.2, 0.25) is 0 Å². The van der Waals surface area contributed by atoms with E-state index in [0.717, 1.165) is 30.8 Å². The van der Waals surface area contributed by atoms with Gasteiger partial charge in [0.05, 0.1) is 0 Å². The number of likely N-dealkylation sites (tertiary alicyclic amines) is 1. The quantitative estimate of drug-likeness (QED) is 0.548. The zero-order valence-corrected chi connectivity index (χ0v) is 14.9. The molecule has 4 N–H and O–H groups in total. The van der Waals surface area contributed by atoms with Crippen LogP contribution in [-0.2, 0) is 6.54 Å². The number of rotatable bonds is 6. The first kappa shape index (κ1) is 17.9. The van der Waals surface area contributed by atoms with E-state index < -0.39 is 0 Å². The summed E-state index contributed by atoms with van der Waals surface area (Å²) in [6.07, 6.45) is 1.30. The number of amides is 1. The first-order valence-electron chi connectivity index (χ1n) is 8.68. The number of carbonyl (C=O) groups excluding carboxylic acids is 1. The lowest BCUT2D eigenvalue weighted by atomic mass is 10.1. The van der Waals surface area contributed by atoms with Gasteiger partial charge in [-0.05, 0) is 43.3 Å². The van der Waals surface area contributed by atoms with Crippen LogP contribution >= 0.6 is 0 Å². The molecule has 2 aromatic carbocycles. The summed E-state index contributed by atoms with van der Waals surface area (Å²) in [6.45, 7) is 2.45. The molecule has 0 aliphatic carbocycles. The van der Waals surface area contributed by atoms with E-state index in [1.54, 1.807) is 24.3 Å². The summed E-state index contributed by atoms with van der Waals surface area (Å²) >= 11 is 0. The highest BCUT2D eigenvalue weighted by molar-refractivity contribution is 5.99. The minimum atomic E-state index is -0.192. The first-order chi connectivity index (χ1) is 12.5. The molecule has 3 rings (SSSR count). The molecule has 1 unspecified atom stereocenters. The van der Waals surface area contributed by atoms with Crippen LogP contribution in [0.25, 0.3) is 0 Å². The fourth-order valence-corrected chi connectivity index (χ4v) is 2.98. The number of ether oxygens (including phenoxy) is 1. The molecule has 136 valence electrons. The molecule has 0 saturated carbocycles. The second-order valence-electron chi connectivity index (χ2n) is 6.61. The van der Waals surface area contributed by atoms with Gasteiger partial charge in [0, 0.05) is 30.8 Å². The number of nitrogens with one attached hydrogen (secondary N) is 2. The van der Waals surface area contributed by atoms with E-state index in [-0.39, 0.29) is 17.8 Å². The fraction of sp³-hybridized carbons (Fsp3) is 0.300. The lowest BCUT2D eigenvalue weighted by molar-refractivity contribution is 0.0951. The summed E-state index contributed by atoms with van der Waals surface area (Å²) in [5.74, 6) is 0.612. The van der Waals surface area contributed by atoms with E-state index in [9.17, 15) is 4.79 Å². The molecule has 26 heavy (non-hydrogen) atoms. The predicted octanol–water partition coefficient (Wildman–Crippen LogP) is 1.98. The second-order valence-corrected chi connectivity index (χ2v) is 6.61. The van der Waals surface area contributed by atoms with Gasteiger partial charge in [-0.2, -0.15) is 0 Å². The summed E-state index contributed by atoms with van der Waals surface area (Å²) in [4.78, 5) is 14.5. The summed E-state index contributed by atoms with van der Waals surface area (Å²) in [5, 5.41) is 10.3. The van der Waals surface area contributed by atoms with E-state index in [2.05, 4.69) is 17.3 Å². The average Bonchev–Trinajstić information content (AvgIpc) is 3.05. The molecule has 1 amide bonds. The molecule has 1 aliphatic rings. The number of likely N-dealkylation sites (N-methyl/N-ethyl adjacent to an activating group) is 1. The van der Waals surface area contributed by atoms with Gasteiger partial charge in [0.15, 0.2) is 0 Å². The van der Waals surface area contributed by atoms with Gasteiger partial charge in [0.2, 0.25) is 0 Å². The van der Waals surface area contributed by atoms with Crippen molar-refractivity contribution in [2.24, 2.45) is 5.73 Å². The Balaban J connectivity index is 1.53. The van der Waals surface area contributed by atoms with Crippen LogP contribution in [0.15, 0.2) is 48.5 Å². The monoisotopic (exact) mass is 352 g/mol. The lowest BCUT2D eigenvalue weighted by Gasteiger charge is -2.14. The minimum absolute atomic E-state index is 0.0521. The van der Waals surface area contributed by atoms with Gasteiger partial charge in [-0.3, -0.25) is 10.2 Å². The Labute approximate surface area is 153 Å². The van der Waals surface area contributed by atoms with E-state index in [1.807, 2.05) is 24.3 Å². The normalized spacial score (nSPS) is 17.0. The van der Waals surface area contributed by atoms with Crippen LogP contribution in [-0.4, -0.2) is 42.9 Å². The van der Waals surface area contributed by atoms with E-state index in [1.165, 1.54) is 0 Å². The fourth-order valence-electron chi connectivity index (χ4n) is 2.98. The number of amidine groups is 1. The number of nitrogens with two attached hydrogens (primary N) is 1. The molecule has 0 radical (unpaired) electrons. The summed E-state index contributed by atoms with van der Waals surface area (Å²) in [5.41, 5.74) is 7.49. The molecule has 1 fully saturated rings. The van der Waals surface area contributed by atoms with Crippen LogP contribution in [0.1, 0.15) is 27.9 Å². The molecule has 0 aromatic heterocycles. The maximum Gasteiger partial charge on any atom is 0.251 e. The Morgan fingerprint density at radius 1 is 1.27 bits per heavy atom. The largest absolute Gasteiger partial charge is 0.489 e. The second kappa shape index (κ2) is 8.01. The predicted molar refractivity (Wildman–Crippen MR) is 102 cm³/mol. The molecule has 1 heterocycles. The average molecular weight is 352 g/mol. The summed E-state index contributed by atoms with van der Waals surface area (Å²) in [7, 11) is 2.10. The number of carbonyl (C=O) groups is 1. The van der Waals surface area contributed by atoms with Gasteiger partial charge in [-0.15, -0.1) is 0 Å². The Morgan fingerprint density at radius 3 is 2.65 bits per heavy atom. The Morgan fingerprint density at radius 2 is 2.00 bits per heavy atom. The van der Waals surface area contributed by atoms with Gasteiger partial charge in [0.25, 0.3) is 5.91 Å². The highest BCUT2D eigenvalue weighted by Crippen LogP contribution is 2.18. The van der Waals surface area contributed by atoms with Crippen LogP contribution in [0, 0.1) is 5.41 Å². The maximum absolute atomic E-state index is 12.3. The van der Waals surface area contributed by atoms with Gasteiger partial charge in [-0.1, -0.05) is 24.3 Å². The van der Waals surface area contributed by atoms with Crippen molar-refractivity contribution >= 4 is 11.7 Å². The molecular formula is C20H24N4O2. The smallest absolute Gasteiger partial charge is 0.251 e. The van der Waals surface area contributed by atoms with Crippen LogP contribution in [0.3, 0.4) is 0 Å². The Bertz CT molecular complexity index is 789. The molecular weight excluding hydrogens is 328 g/mol. The van der Waals surface area contributed by atoms with Gasteiger partial charge in [-0.25, -0.2) is 0 Å².